The Morgan fingerprint density at radius 2 is 2.20 bits per heavy atom. The van der Waals surface area contributed by atoms with Gasteiger partial charge < -0.3 is 5.32 Å². The number of nitrogens with zero attached hydrogens (tertiary/aromatic N) is 1. The number of nitrogens with one attached hydrogen (secondary N) is 1. The maximum atomic E-state index is 4.26. The Kier molecular flexibility index (Phi) is 6.20. The summed E-state index contributed by atoms with van der Waals surface area (Å²) in [6.07, 6.45) is 7.10. The van der Waals surface area contributed by atoms with Gasteiger partial charge in [-0.1, -0.05) is 13.8 Å². The summed E-state index contributed by atoms with van der Waals surface area (Å²) in [5.74, 6) is 0. The van der Waals surface area contributed by atoms with Crippen molar-refractivity contribution in [3.8, 4) is 0 Å². The van der Waals surface area contributed by atoms with E-state index in [0.717, 1.165) is 25.8 Å². The van der Waals surface area contributed by atoms with E-state index < -0.39 is 0 Å². The highest BCUT2D eigenvalue weighted by Gasteiger charge is 2.16. The maximum Gasteiger partial charge on any atom is 0.0373 e. The molecule has 4 heteroatoms. The van der Waals surface area contributed by atoms with Gasteiger partial charge in [0, 0.05) is 34.2 Å². The molecule has 2 nitrogen and oxygen atoms in total. The first kappa shape index (κ1) is 15.7. The van der Waals surface area contributed by atoms with E-state index >= 15 is 0 Å². The molecule has 1 N–H and O–H groups in total. The van der Waals surface area contributed by atoms with E-state index in [4.69, 9.17) is 0 Å². The number of thiophene rings is 1. The van der Waals surface area contributed by atoms with Crippen molar-refractivity contribution >= 4 is 27.3 Å². The number of hydrogen-bond donors (Lipinski definition) is 1. The Morgan fingerprint density at radius 1 is 1.35 bits per heavy atom. The highest BCUT2D eigenvalue weighted by Crippen LogP contribution is 2.29. The SMILES string of the molecule is CCCNC(Cc1sccc1Br)c1ccncc1CC. The van der Waals surface area contributed by atoms with Gasteiger partial charge in [0.15, 0.2) is 0 Å². The van der Waals surface area contributed by atoms with Gasteiger partial charge in [0.05, 0.1) is 0 Å². The van der Waals surface area contributed by atoms with Crippen LogP contribution >= 0.6 is 27.3 Å². The lowest BCUT2D eigenvalue weighted by Gasteiger charge is -2.21. The lowest BCUT2D eigenvalue weighted by Crippen LogP contribution is -2.25. The van der Waals surface area contributed by atoms with Crippen LogP contribution in [0.4, 0.5) is 0 Å². The van der Waals surface area contributed by atoms with E-state index in [1.54, 1.807) is 0 Å². The third-order valence-electron chi connectivity index (χ3n) is 3.42. The van der Waals surface area contributed by atoms with Crippen LogP contribution in [0.25, 0.3) is 0 Å². The van der Waals surface area contributed by atoms with Gasteiger partial charge >= 0.3 is 0 Å². The summed E-state index contributed by atoms with van der Waals surface area (Å²) in [6, 6.07) is 4.65. The second-order valence-corrected chi connectivity index (χ2v) is 6.69. The van der Waals surface area contributed by atoms with Gasteiger partial charge in [0.2, 0.25) is 0 Å². The molecule has 2 heterocycles. The average molecular weight is 353 g/mol. The van der Waals surface area contributed by atoms with Crippen LogP contribution in [0.2, 0.25) is 0 Å². The van der Waals surface area contributed by atoms with E-state index in [-0.39, 0.29) is 0 Å². The Morgan fingerprint density at radius 3 is 2.85 bits per heavy atom. The Hall–Kier alpha value is -0.710. The van der Waals surface area contributed by atoms with Gasteiger partial charge in [-0.15, -0.1) is 11.3 Å². The topological polar surface area (TPSA) is 24.9 Å². The molecule has 0 saturated heterocycles. The molecule has 0 amide bonds. The third kappa shape index (κ3) is 3.90. The van der Waals surface area contributed by atoms with E-state index in [0.29, 0.717) is 6.04 Å². The van der Waals surface area contributed by atoms with E-state index in [1.165, 1.54) is 20.5 Å². The largest absolute Gasteiger partial charge is 0.310 e. The molecule has 20 heavy (non-hydrogen) atoms. The number of hydrogen-bond acceptors (Lipinski definition) is 3. The molecule has 108 valence electrons. The highest BCUT2D eigenvalue weighted by atomic mass is 79.9. The molecule has 0 aliphatic heterocycles. The van der Waals surface area contributed by atoms with Crippen LogP contribution in [0, 0.1) is 0 Å². The first-order chi connectivity index (χ1) is 9.76. The molecule has 0 aliphatic rings. The van der Waals surface area contributed by atoms with Crippen molar-refractivity contribution < 1.29 is 0 Å². The molecule has 2 aromatic rings. The minimum atomic E-state index is 0.364. The van der Waals surface area contributed by atoms with Crippen molar-refractivity contribution in [2.24, 2.45) is 0 Å². The fourth-order valence-corrected chi connectivity index (χ4v) is 3.90. The van der Waals surface area contributed by atoms with E-state index in [1.807, 2.05) is 23.7 Å². The quantitative estimate of drug-likeness (QED) is 0.777. The second-order valence-electron chi connectivity index (χ2n) is 4.83. The number of pyridine rings is 1. The standard InChI is InChI=1S/C16H21BrN2S/c1-3-7-19-15(10-16-14(17)6-9-20-16)13-5-8-18-11-12(13)4-2/h5-6,8-9,11,15,19H,3-4,7,10H2,1-2H3. The molecule has 0 saturated carbocycles. The predicted octanol–water partition coefficient (Wildman–Crippen LogP) is 4.75. The molecular weight excluding hydrogens is 332 g/mol. The molecule has 0 aliphatic carbocycles. The minimum Gasteiger partial charge on any atom is -0.310 e. The molecule has 0 radical (unpaired) electrons. The number of aromatic nitrogens is 1. The fraction of sp³-hybridized carbons (Fsp3) is 0.438. The van der Waals surface area contributed by atoms with Gasteiger partial charge in [-0.05, 0) is 64.0 Å². The van der Waals surface area contributed by atoms with Crippen molar-refractivity contribution in [2.75, 3.05) is 6.54 Å². The summed E-state index contributed by atoms with van der Waals surface area (Å²) in [4.78, 5) is 5.66. The second kappa shape index (κ2) is 7.91. The molecule has 1 unspecified atom stereocenters. The first-order valence-electron chi connectivity index (χ1n) is 7.14. The predicted molar refractivity (Wildman–Crippen MR) is 90.4 cm³/mol. The van der Waals surface area contributed by atoms with Gasteiger partial charge in [-0.25, -0.2) is 0 Å². The molecule has 0 bridgehead atoms. The molecular formula is C16H21BrN2S. The Balaban J connectivity index is 2.24. The monoisotopic (exact) mass is 352 g/mol. The Bertz CT molecular complexity index is 539. The van der Waals surface area contributed by atoms with Crippen LogP contribution in [0.1, 0.15) is 42.3 Å². The van der Waals surface area contributed by atoms with Gasteiger partial charge in [-0.2, -0.15) is 0 Å². The molecule has 2 aromatic heterocycles. The van der Waals surface area contributed by atoms with Crippen molar-refractivity contribution in [2.45, 2.75) is 39.2 Å². The summed E-state index contributed by atoms with van der Waals surface area (Å²) in [7, 11) is 0. The maximum absolute atomic E-state index is 4.26. The molecule has 0 aromatic carbocycles. The summed E-state index contributed by atoms with van der Waals surface area (Å²) in [5.41, 5.74) is 2.73. The van der Waals surface area contributed by atoms with E-state index in [2.05, 4.69) is 57.6 Å². The van der Waals surface area contributed by atoms with Crippen LogP contribution in [0.5, 0.6) is 0 Å². The summed E-state index contributed by atoms with van der Waals surface area (Å²) < 4.78 is 1.22. The summed E-state index contributed by atoms with van der Waals surface area (Å²) in [6.45, 7) is 5.44. The summed E-state index contributed by atoms with van der Waals surface area (Å²) in [5, 5.41) is 5.83. The van der Waals surface area contributed by atoms with Gasteiger partial charge in [-0.3, -0.25) is 4.98 Å². The average Bonchev–Trinajstić information content (AvgIpc) is 2.88. The fourth-order valence-electron chi connectivity index (χ4n) is 2.34. The number of aryl methyl sites for hydroxylation is 1. The van der Waals surface area contributed by atoms with Crippen LogP contribution < -0.4 is 5.32 Å². The minimum absolute atomic E-state index is 0.364. The van der Waals surface area contributed by atoms with Crippen LogP contribution in [-0.4, -0.2) is 11.5 Å². The van der Waals surface area contributed by atoms with Crippen LogP contribution in [0.3, 0.4) is 0 Å². The van der Waals surface area contributed by atoms with Crippen molar-refractivity contribution in [1.29, 1.82) is 0 Å². The van der Waals surface area contributed by atoms with Crippen molar-refractivity contribution in [3.05, 3.63) is 50.4 Å². The van der Waals surface area contributed by atoms with Gasteiger partial charge in [0.25, 0.3) is 0 Å². The van der Waals surface area contributed by atoms with Crippen molar-refractivity contribution in [1.82, 2.24) is 10.3 Å². The number of rotatable bonds is 7. The highest BCUT2D eigenvalue weighted by molar-refractivity contribution is 9.10. The third-order valence-corrected chi connectivity index (χ3v) is 5.37. The number of halogens is 1. The lowest BCUT2D eigenvalue weighted by molar-refractivity contribution is 0.527. The Labute approximate surface area is 133 Å². The molecule has 2 rings (SSSR count). The lowest BCUT2D eigenvalue weighted by atomic mass is 9.97. The first-order valence-corrected chi connectivity index (χ1v) is 8.81. The zero-order chi connectivity index (χ0) is 14.4. The normalized spacial score (nSPS) is 12.6. The zero-order valence-electron chi connectivity index (χ0n) is 12.0. The molecule has 0 spiro atoms. The van der Waals surface area contributed by atoms with Crippen LogP contribution in [-0.2, 0) is 12.8 Å². The zero-order valence-corrected chi connectivity index (χ0v) is 14.4. The molecule has 0 fully saturated rings. The van der Waals surface area contributed by atoms with Crippen LogP contribution in [0.15, 0.2) is 34.4 Å². The molecule has 1 atom stereocenters. The summed E-state index contributed by atoms with van der Waals surface area (Å²) >= 11 is 5.46. The smallest absolute Gasteiger partial charge is 0.0373 e. The van der Waals surface area contributed by atoms with Gasteiger partial charge in [0.1, 0.15) is 0 Å². The van der Waals surface area contributed by atoms with Crippen molar-refractivity contribution in [3.63, 3.8) is 0 Å². The van der Waals surface area contributed by atoms with E-state index in [9.17, 15) is 0 Å².